The van der Waals surface area contributed by atoms with E-state index in [1.54, 1.807) is 0 Å². The van der Waals surface area contributed by atoms with Crippen molar-refractivity contribution in [2.75, 3.05) is 13.1 Å². The topological polar surface area (TPSA) is 23.5 Å². The van der Waals surface area contributed by atoms with Gasteiger partial charge in [0.2, 0.25) is 0 Å². The molecule has 2 fully saturated rings. The van der Waals surface area contributed by atoms with Crippen LogP contribution in [0.2, 0.25) is 0 Å². The van der Waals surface area contributed by atoms with Crippen LogP contribution in [0.15, 0.2) is 0 Å². The fraction of sp³-hybridized carbons (Fsp3) is 0.909. The third kappa shape index (κ3) is 2.23. The van der Waals surface area contributed by atoms with Crippen LogP contribution >= 0.6 is 0 Å². The maximum absolute atomic E-state index is 9.87. The van der Waals surface area contributed by atoms with Crippen molar-refractivity contribution >= 4 is 0 Å². The fourth-order valence-corrected chi connectivity index (χ4v) is 2.62. The molecule has 75 valence electrons. The Morgan fingerprint density at radius 1 is 1.08 bits per heavy atom. The average molecular weight is 182 g/mol. The lowest BCUT2D eigenvalue weighted by Crippen LogP contribution is -2.47. The molecule has 0 spiro atoms. The molecule has 1 aliphatic carbocycles. The predicted octanol–water partition coefficient (Wildman–Crippen LogP) is 1.59. The molecule has 1 saturated heterocycles. The summed E-state index contributed by atoms with van der Waals surface area (Å²) in [5.74, 6) is 0. The Balaban J connectivity index is 1.88. The molecule has 2 rings (SSSR count). The molecule has 0 aromatic rings. The highest BCUT2D eigenvalue weighted by Gasteiger charge is 2.29. The minimum Gasteiger partial charge on any atom is -0.391 e. The van der Waals surface area contributed by atoms with Crippen molar-refractivity contribution in [3.05, 3.63) is 6.42 Å². The van der Waals surface area contributed by atoms with E-state index in [0.29, 0.717) is 6.04 Å². The molecule has 0 aromatic heterocycles. The second-order valence-electron chi connectivity index (χ2n) is 4.32. The largest absolute Gasteiger partial charge is 0.391 e. The van der Waals surface area contributed by atoms with Gasteiger partial charge in [0.1, 0.15) is 0 Å². The first kappa shape index (κ1) is 9.47. The molecule has 13 heavy (non-hydrogen) atoms. The number of rotatable bonds is 1. The van der Waals surface area contributed by atoms with Crippen LogP contribution < -0.4 is 0 Å². The molecule has 2 atom stereocenters. The summed E-state index contributed by atoms with van der Waals surface area (Å²) < 4.78 is 0. The Hall–Kier alpha value is -0.0800. The lowest BCUT2D eigenvalue weighted by molar-refractivity contribution is 0.0157. The minimum atomic E-state index is -0.0492. The molecular weight excluding hydrogens is 162 g/mol. The molecule has 2 unspecified atom stereocenters. The van der Waals surface area contributed by atoms with Gasteiger partial charge in [-0.2, -0.15) is 0 Å². The van der Waals surface area contributed by atoms with E-state index in [9.17, 15) is 5.11 Å². The smallest absolute Gasteiger partial charge is 0.0695 e. The molecule has 1 N–H and O–H groups in total. The van der Waals surface area contributed by atoms with Gasteiger partial charge in [-0.25, -0.2) is 0 Å². The molecule has 2 nitrogen and oxygen atoms in total. The maximum Gasteiger partial charge on any atom is 0.0695 e. The molecule has 1 heterocycles. The molecule has 2 aliphatic rings. The molecule has 1 aliphatic heterocycles. The number of likely N-dealkylation sites (tertiary alicyclic amines) is 1. The van der Waals surface area contributed by atoms with Gasteiger partial charge >= 0.3 is 0 Å². The number of nitrogens with zero attached hydrogens (tertiary/aromatic N) is 1. The SMILES string of the molecule is OC1CCCCC1N1CC[CH]CC1. The Labute approximate surface area is 80.9 Å². The second kappa shape index (κ2) is 4.43. The van der Waals surface area contributed by atoms with E-state index in [0.717, 1.165) is 6.42 Å². The average Bonchev–Trinajstić information content (AvgIpc) is 2.20. The van der Waals surface area contributed by atoms with E-state index >= 15 is 0 Å². The number of aliphatic hydroxyl groups is 1. The highest BCUT2D eigenvalue weighted by molar-refractivity contribution is 4.87. The van der Waals surface area contributed by atoms with Crippen molar-refractivity contribution in [3.63, 3.8) is 0 Å². The van der Waals surface area contributed by atoms with Crippen molar-refractivity contribution in [3.8, 4) is 0 Å². The van der Waals surface area contributed by atoms with Crippen molar-refractivity contribution in [2.24, 2.45) is 0 Å². The van der Waals surface area contributed by atoms with Crippen molar-refractivity contribution in [1.82, 2.24) is 4.90 Å². The highest BCUT2D eigenvalue weighted by atomic mass is 16.3. The van der Waals surface area contributed by atoms with Crippen LogP contribution in [0.25, 0.3) is 0 Å². The van der Waals surface area contributed by atoms with Crippen LogP contribution in [0.5, 0.6) is 0 Å². The molecule has 0 bridgehead atoms. The van der Waals surface area contributed by atoms with Crippen LogP contribution in [0.3, 0.4) is 0 Å². The molecule has 2 heteroatoms. The summed E-state index contributed by atoms with van der Waals surface area (Å²) >= 11 is 0. The lowest BCUT2D eigenvalue weighted by atomic mass is 9.90. The summed E-state index contributed by atoms with van der Waals surface area (Å²) in [6.45, 7) is 2.34. The summed E-state index contributed by atoms with van der Waals surface area (Å²) in [4.78, 5) is 2.49. The first-order chi connectivity index (χ1) is 6.38. The summed E-state index contributed by atoms with van der Waals surface area (Å²) in [7, 11) is 0. The van der Waals surface area contributed by atoms with Gasteiger partial charge < -0.3 is 5.11 Å². The molecule has 1 saturated carbocycles. The maximum atomic E-state index is 9.87. The third-order valence-electron chi connectivity index (χ3n) is 3.40. The number of hydrogen-bond acceptors (Lipinski definition) is 2. The monoisotopic (exact) mass is 182 g/mol. The van der Waals surface area contributed by atoms with Gasteiger partial charge in [0.05, 0.1) is 6.10 Å². The number of hydrogen-bond donors (Lipinski definition) is 1. The Morgan fingerprint density at radius 3 is 2.46 bits per heavy atom. The van der Waals surface area contributed by atoms with Gasteiger partial charge in [-0.1, -0.05) is 12.8 Å². The Kier molecular flexibility index (Phi) is 3.23. The summed E-state index contributed by atoms with van der Waals surface area (Å²) in [5.41, 5.74) is 0. The normalized spacial score (nSPS) is 37.6. The van der Waals surface area contributed by atoms with Gasteiger partial charge in [0.15, 0.2) is 0 Å². The van der Waals surface area contributed by atoms with Gasteiger partial charge in [-0.3, -0.25) is 4.90 Å². The zero-order valence-corrected chi connectivity index (χ0v) is 8.28. The van der Waals surface area contributed by atoms with Crippen LogP contribution in [0, 0.1) is 6.42 Å². The number of aliphatic hydroxyl groups excluding tert-OH is 1. The van der Waals surface area contributed by atoms with E-state index < -0.39 is 0 Å². The van der Waals surface area contributed by atoms with Gasteiger partial charge in [-0.15, -0.1) is 0 Å². The Bertz CT molecular complexity index is 154. The molecule has 1 radical (unpaired) electrons. The van der Waals surface area contributed by atoms with Gasteiger partial charge in [0.25, 0.3) is 0 Å². The standard InChI is InChI=1S/C11H20NO/c13-11-7-3-2-6-10(11)12-8-4-1-5-9-12/h1,10-11,13H,2-9H2. The summed E-state index contributed by atoms with van der Waals surface area (Å²) in [5, 5.41) is 9.87. The van der Waals surface area contributed by atoms with Gasteiger partial charge in [0, 0.05) is 6.04 Å². The van der Waals surface area contributed by atoms with E-state index in [-0.39, 0.29) is 6.10 Å². The third-order valence-corrected chi connectivity index (χ3v) is 3.40. The first-order valence-electron chi connectivity index (χ1n) is 5.62. The fourth-order valence-electron chi connectivity index (χ4n) is 2.62. The quantitative estimate of drug-likeness (QED) is 0.665. The predicted molar refractivity (Wildman–Crippen MR) is 53.4 cm³/mol. The second-order valence-corrected chi connectivity index (χ2v) is 4.32. The van der Waals surface area contributed by atoms with Crippen LogP contribution in [-0.4, -0.2) is 35.2 Å². The van der Waals surface area contributed by atoms with Crippen LogP contribution in [0.4, 0.5) is 0 Å². The van der Waals surface area contributed by atoms with Crippen molar-refractivity contribution in [2.45, 2.75) is 50.7 Å². The van der Waals surface area contributed by atoms with Crippen LogP contribution in [-0.2, 0) is 0 Å². The number of piperidine rings is 1. The van der Waals surface area contributed by atoms with E-state index in [2.05, 4.69) is 11.3 Å². The highest BCUT2D eigenvalue weighted by Crippen LogP contribution is 2.25. The lowest BCUT2D eigenvalue weighted by Gasteiger charge is -2.39. The van der Waals surface area contributed by atoms with E-state index in [1.807, 2.05) is 0 Å². The van der Waals surface area contributed by atoms with E-state index in [1.165, 1.54) is 45.2 Å². The molecule has 0 amide bonds. The van der Waals surface area contributed by atoms with Gasteiger partial charge in [-0.05, 0) is 45.2 Å². The molecular formula is C11H20NO. The van der Waals surface area contributed by atoms with Crippen molar-refractivity contribution in [1.29, 1.82) is 0 Å². The Morgan fingerprint density at radius 2 is 1.77 bits per heavy atom. The zero-order chi connectivity index (χ0) is 9.10. The van der Waals surface area contributed by atoms with E-state index in [4.69, 9.17) is 0 Å². The summed E-state index contributed by atoms with van der Waals surface area (Å²) in [6, 6.07) is 0.474. The first-order valence-corrected chi connectivity index (χ1v) is 5.62. The van der Waals surface area contributed by atoms with Crippen LogP contribution in [0.1, 0.15) is 38.5 Å². The summed E-state index contributed by atoms with van der Waals surface area (Å²) in [6.07, 6.45) is 9.50. The molecule has 0 aromatic carbocycles. The van der Waals surface area contributed by atoms with Crippen molar-refractivity contribution < 1.29 is 5.11 Å². The minimum absolute atomic E-state index is 0.0492. The zero-order valence-electron chi connectivity index (χ0n) is 8.28.